The third-order valence-electron chi connectivity index (χ3n) is 3.66. The van der Waals surface area contributed by atoms with Crippen molar-refractivity contribution in [3.63, 3.8) is 0 Å². The molecule has 0 unspecified atom stereocenters. The van der Waals surface area contributed by atoms with Gasteiger partial charge in [0.1, 0.15) is 0 Å². The molecule has 0 bridgehead atoms. The van der Waals surface area contributed by atoms with Gasteiger partial charge in [0.05, 0.1) is 11.6 Å². The molecule has 0 heterocycles. The van der Waals surface area contributed by atoms with Crippen molar-refractivity contribution in [2.75, 3.05) is 5.32 Å². The molecule has 3 aromatic carbocycles. The highest BCUT2D eigenvalue weighted by molar-refractivity contribution is 5.83. The van der Waals surface area contributed by atoms with Gasteiger partial charge in [-0.15, -0.1) is 0 Å². The van der Waals surface area contributed by atoms with Gasteiger partial charge < -0.3 is 5.32 Å². The fourth-order valence-electron chi connectivity index (χ4n) is 2.43. The summed E-state index contributed by atoms with van der Waals surface area (Å²) in [5.74, 6) is 0. The molecule has 0 fully saturated rings. The van der Waals surface area contributed by atoms with Crippen LogP contribution < -0.4 is 5.32 Å². The quantitative estimate of drug-likeness (QED) is 0.754. The normalized spacial score (nSPS) is 10.3. The number of anilines is 1. The lowest BCUT2D eigenvalue weighted by molar-refractivity contribution is 1.14. The van der Waals surface area contributed by atoms with Crippen molar-refractivity contribution in [1.82, 2.24) is 0 Å². The first-order valence-electron chi connectivity index (χ1n) is 6.98. The summed E-state index contributed by atoms with van der Waals surface area (Å²) in [6.45, 7) is 2.80. The van der Waals surface area contributed by atoms with Crippen LogP contribution in [0.5, 0.6) is 0 Å². The van der Waals surface area contributed by atoms with Gasteiger partial charge in [-0.3, -0.25) is 0 Å². The molecule has 2 nitrogen and oxygen atoms in total. The van der Waals surface area contributed by atoms with E-state index in [1.54, 1.807) is 0 Å². The third kappa shape index (κ3) is 2.88. The van der Waals surface area contributed by atoms with Crippen LogP contribution >= 0.6 is 0 Å². The van der Waals surface area contributed by atoms with Crippen LogP contribution in [0.1, 0.15) is 16.7 Å². The van der Waals surface area contributed by atoms with E-state index >= 15 is 0 Å². The Kier molecular flexibility index (Phi) is 3.57. The maximum atomic E-state index is 8.98. The molecule has 21 heavy (non-hydrogen) atoms. The minimum absolute atomic E-state index is 0.682. The van der Waals surface area contributed by atoms with Gasteiger partial charge in [0.2, 0.25) is 0 Å². The summed E-state index contributed by atoms with van der Waals surface area (Å²) in [5.41, 5.74) is 4.08. The second-order valence-electron chi connectivity index (χ2n) is 5.18. The zero-order chi connectivity index (χ0) is 14.7. The molecule has 0 radical (unpaired) electrons. The van der Waals surface area contributed by atoms with Gasteiger partial charge in [-0.25, -0.2) is 0 Å². The van der Waals surface area contributed by atoms with E-state index in [4.69, 9.17) is 5.26 Å². The van der Waals surface area contributed by atoms with E-state index in [0.717, 1.165) is 17.8 Å². The topological polar surface area (TPSA) is 35.8 Å². The molecule has 0 atom stereocenters. The van der Waals surface area contributed by atoms with Crippen LogP contribution in [0.15, 0.2) is 60.7 Å². The SMILES string of the molecule is Cc1ccc(C#N)cc1NCc1ccc2ccccc2c1. The maximum absolute atomic E-state index is 8.98. The minimum atomic E-state index is 0.682. The zero-order valence-electron chi connectivity index (χ0n) is 11.9. The number of aryl methyl sites for hydroxylation is 1. The Hall–Kier alpha value is -2.79. The lowest BCUT2D eigenvalue weighted by atomic mass is 10.1. The second kappa shape index (κ2) is 5.68. The van der Waals surface area contributed by atoms with Crippen LogP contribution in [0.3, 0.4) is 0 Å². The number of hydrogen-bond donors (Lipinski definition) is 1. The van der Waals surface area contributed by atoms with E-state index in [1.807, 2.05) is 25.1 Å². The minimum Gasteiger partial charge on any atom is -0.381 e. The van der Waals surface area contributed by atoms with E-state index in [1.165, 1.54) is 16.3 Å². The summed E-state index contributed by atoms with van der Waals surface area (Å²) < 4.78 is 0. The molecular weight excluding hydrogens is 256 g/mol. The molecule has 0 aliphatic carbocycles. The van der Waals surface area contributed by atoms with Gasteiger partial charge >= 0.3 is 0 Å². The molecule has 2 heteroatoms. The highest BCUT2D eigenvalue weighted by Crippen LogP contribution is 2.19. The standard InChI is InChI=1S/C19H16N2/c1-14-6-7-15(12-20)11-19(14)21-13-16-8-9-17-4-2-3-5-18(17)10-16/h2-11,21H,13H2,1H3. The van der Waals surface area contributed by atoms with Gasteiger partial charge in [-0.05, 0) is 47.0 Å². The number of nitrogens with zero attached hydrogens (tertiary/aromatic N) is 1. The number of nitriles is 1. The highest BCUT2D eigenvalue weighted by atomic mass is 14.9. The molecule has 0 saturated carbocycles. The maximum Gasteiger partial charge on any atom is 0.0992 e. The van der Waals surface area contributed by atoms with Crippen molar-refractivity contribution in [3.8, 4) is 6.07 Å². The van der Waals surface area contributed by atoms with Crippen LogP contribution in [0.25, 0.3) is 10.8 Å². The Balaban J connectivity index is 1.82. The smallest absolute Gasteiger partial charge is 0.0992 e. The fraction of sp³-hybridized carbons (Fsp3) is 0.105. The summed E-state index contributed by atoms with van der Waals surface area (Å²) in [4.78, 5) is 0. The molecule has 0 saturated heterocycles. The zero-order valence-corrected chi connectivity index (χ0v) is 11.9. The van der Waals surface area contributed by atoms with Crippen molar-refractivity contribution >= 4 is 16.5 Å². The van der Waals surface area contributed by atoms with Gasteiger partial charge in [0.15, 0.2) is 0 Å². The number of benzene rings is 3. The first kappa shape index (κ1) is 13.2. The summed E-state index contributed by atoms with van der Waals surface area (Å²) in [6, 6.07) is 22.7. The monoisotopic (exact) mass is 272 g/mol. The predicted octanol–water partition coefficient (Wildman–Crippen LogP) is 4.63. The van der Waals surface area contributed by atoms with Crippen LogP contribution in [0, 0.1) is 18.3 Å². The second-order valence-corrected chi connectivity index (χ2v) is 5.18. The molecule has 0 spiro atoms. The van der Waals surface area contributed by atoms with Gasteiger partial charge in [0, 0.05) is 12.2 Å². The largest absolute Gasteiger partial charge is 0.381 e. The molecule has 102 valence electrons. The van der Waals surface area contributed by atoms with E-state index in [2.05, 4.69) is 53.9 Å². The number of rotatable bonds is 3. The summed E-state index contributed by atoms with van der Waals surface area (Å²) >= 11 is 0. The average molecular weight is 272 g/mol. The van der Waals surface area contributed by atoms with Crippen molar-refractivity contribution in [2.45, 2.75) is 13.5 Å². The Bertz CT molecular complexity index is 828. The van der Waals surface area contributed by atoms with Crippen molar-refractivity contribution in [3.05, 3.63) is 77.4 Å². The Morgan fingerprint density at radius 3 is 2.57 bits per heavy atom. The molecule has 0 amide bonds. The lowest BCUT2D eigenvalue weighted by Crippen LogP contribution is -2.01. The van der Waals surface area contributed by atoms with Crippen LogP contribution in [0.2, 0.25) is 0 Å². The molecular formula is C19H16N2. The van der Waals surface area contributed by atoms with Crippen LogP contribution in [0.4, 0.5) is 5.69 Å². The fourth-order valence-corrected chi connectivity index (χ4v) is 2.43. The van der Waals surface area contributed by atoms with Gasteiger partial charge in [-0.1, -0.05) is 42.5 Å². The lowest BCUT2D eigenvalue weighted by Gasteiger charge is -2.10. The molecule has 0 aliphatic heterocycles. The number of hydrogen-bond acceptors (Lipinski definition) is 2. The molecule has 0 aliphatic rings. The third-order valence-corrected chi connectivity index (χ3v) is 3.66. The molecule has 0 aromatic heterocycles. The first-order chi connectivity index (χ1) is 10.3. The van der Waals surface area contributed by atoms with Crippen molar-refractivity contribution < 1.29 is 0 Å². The summed E-state index contributed by atoms with van der Waals surface area (Å²) in [7, 11) is 0. The summed E-state index contributed by atoms with van der Waals surface area (Å²) in [5, 5.41) is 14.9. The molecule has 3 rings (SSSR count). The molecule has 1 N–H and O–H groups in total. The van der Waals surface area contributed by atoms with E-state index < -0.39 is 0 Å². The Morgan fingerprint density at radius 1 is 0.952 bits per heavy atom. The van der Waals surface area contributed by atoms with Crippen LogP contribution in [-0.4, -0.2) is 0 Å². The average Bonchev–Trinajstić information content (AvgIpc) is 2.54. The van der Waals surface area contributed by atoms with Crippen molar-refractivity contribution in [1.29, 1.82) is 5.26 Å². The predicted molar refractivity (Wildman–Crippen MR) is 87.2 cm³/mol. The van der Waals surface area contributed by atoms with E-state index in [-0.39, 0.29) is 0 Å². The van der Waals surface area contributed by atoms with Crippen molar-refractivity contribution in [2.24, 2.45) is 0 Å². The number of nitrogens with one attached hydrogen (secondary N) is 1. The van der Waals surface area contributed by atoms with Crippen LogP contribution in [-0.2, 0) is 6.54 Å². The number of fused-ring (bicyclic) bond motifs is 1. The molecule has 3 aromatic rings. The van der Waals surface area contributed by atoms with Gasteiger partial charge in [0.25, 0.3) is 0 Å². The summed E-state index contributed by atoms with van der Waals surface area (Å²) in [6.07, 6.45) is 0. The first-order valence-corrected chi connectivity index (χ1v) is 6.98. The van der Waals surface area contributed by atoms with E-state index in [9.17, 15) is 0 Å². The Morgan fingerprint density at radius 2 is 1.76 bits per heavy atom. The van der Waals surface area contributed by atoms with Gasteiger partial charge in [-0.2, -0.15) is 5.26 Å². The Labute approximate surface area is 124 Å². The van der Waals surface area contributed by atoms with E-state index in [0.29, 0.717) is 5.56 Å². The highest BCUT2D eigenvalue weighted by Gasteiger charge is 2.01.